The Kier molecular flexibility index (Phi) is 4.86. The third-order valence-corrected chi connectivity index (χ3v) is 6.87. The van der Waals surface area contributed by atoms with Gasteiger partial charge in [-0.15, -0.1) is 0 Å². The van der Waals surface area contributed by atoms with Gasteiger partial charge in [0.15, 0.2) is 0 Å². The molecule has 0 spiro atoms. The number of carbonyl (C=O) groups is 1. The van der Waals surface area contributed by atoms with Crippen molar-refractivity contribution in [2.75, 3.05) is 13.7 Å². The number of aromatic nitrogens is 2. The van der Waals surface area contributed by atoms with Crippen molar-refractivity contribution in [1.82, 2.24) is 8.75 Å². The number of benzene rings is 3. The number of aliphatic hydroxyl groups is 1. The van der Waals surface area contributed by atoms with E-state index in [1.54, 1.807) is 31.4 Å². The van der Waals surface area contributed by atoms with Crippen LogP contribution < -0.4 is 9.47 Å². The van der Waals surface area contributed by atoms with Crippen LogP contribution in [0.2, 0.25) is 0 Å². The Morgan fingerprint density at radius 3 is 2.71 bits per heavy atom. The van der Waals surface area contributed by atoms with Crippen molar-refractivity contribution in [2.45, 2.75) is 18.6 Å². The van der Waals surface area contributed by atoms with Gasteiger partial charge in [-0.2, -0.15) is 8.75 Å². The second-order valence-electron chi connectivity index (χ2n) is 8.30. The summed E-state index contributed by atoms with van der Waals surface area (Å²) in [6, 6.07) is 18.3. The molecule has 7 nitrogen and oxygen atoms in total. The van der Waals surface area contributed by atoms with Crippen molar-refractivity contribution in [3.05, 3.63) is 88.5 Å². The molecule has 0 amide bonds. The highest BCUT2D eigenvalue weighted by molar-refractivity contribution is 7.00. The molecule has 1 unspecified atom stereocenters. The third-order valence-electron chi connectivity index (χ3n) is 6.31. The second-order valence-corrected chi connectivity index (χ2v) is 8.83. The SMILES string of the molecule is COc1ccc(C2(O)OC(=O)C(c3ccc4nsnc4c3)=C2Cc2ccc3c(c2)CCO3)cc1. The zero-order valence-corrected chi connectivity index (χ0v) is 19.1. The number of methoxy groups -OCH3 is 1. The lowest BCUT2D eigenvalue weighted by atomic mass is 9.87. The molecule has 1 atom stereocenters. The van der Waals surface area contributed by atoms with E-state index in [2.05, 4.69) is 14.8 Å². The van der Waals surface area contributed by atoms with Crippen LogP contribution in [0, 0.1) is 0 Å². The van der Waals surface area contributed by atoms with Crippen LogP contribution >= 0.6 is 11.7 Å². The number of esters is 1. The van der Waals surface area contributed by atoms with E-state index in [0.717, 1.165) is 40.5 Å². The van der Waals surface area contributed by atoms with Crippen molar-refractivity contribution >= 4 is 34.3 Å². The van der Waals surface area contributed by atoms with E-state index in [1.807, 2.05) is 30.3 Å². The molecule has 4 aromatic rings. The fourth-order valence-electron chi connectivity index (χ4n) is 4.58. The normalized spacial score (nSPS) is 19.3. The first-order valence-corrected chi connectivity index (χ1v) is 11.6. The number of fused-ring (bicyclic) bond motifs is 2. The van der Waals surface area contributed by atoms with Crippen LogP contribution in [-0.4, -0.2) is 33.5 Å². The van der Waals surface area contributed by atoms with E-state index in [-0.39, 0.29) is 0 Å². The molecule has 6 rings (SSSR count). The van der Waals surface area contributed by atoms with Crippen LogP contribution in [0.15, 0.2) is 66.2 Å². The van der Waals surface area contributed by atoms with Gasteiger partial charge in [0.05, 0.1) is 31.0 Å². The fourth-order valence-corrected chi connectivity index (χ4v) is 5.10. The quantitative estimate of drug-likeness (QED) is 0.439. The minimum absolute atomic E-state index is 0.324. The molecule has 2 aliphatic rings. The van der Waals surface area contributed by atoms with Crippen molar-refractivity contribution in [1.29, 1.82) is 0 Å². The number of rotatable bonds is 5. The van der Waals surface area contributed by atoms with Gasteiger partial charge in [0.25, 0.3) is 5.79 Å². The predicted molar refractivity (Wildman–Crippen MR) is 127 cm³/mol. The highest BCUT2D eigenvalue weighted by Gasteiger charge is 2.48. The largest absolute Gasteiger partial charge is 0.497 e. The van der Waals surface area contributed by atoms with Gasteiger partial charge in [-0.25, -0.2) is 4.79 Å². The number of hydrogen-bond acceptors (Lipinski definition) is 8. The van der Waals surface area contributed by atoms with Gasteiger partial charge in [-0.3, -0.25) is 0 Å². The van der Waals surface area contributed by atoms with E-state index < -0.39 is 11.8 Å². The maximum Gasteiger partial charge on any atom is 0.342 e. The van der Waals surface area contributed by atoms with Crippen molar-refractivity contribution in [2.24, 2.45) is 0 Å². The molecular formula is C26H20N2O5S. The zero-order valence-electron chi connectivity index (χ0n) is 18.3. The van der Waals surface area contributed by atoms with E-state index >= 15 is 0 Å². The molecule has 8 heteroatoms. The smallest absolute Gasteiger partial charge is 0.342 e. The summed E-state index contributed by atoms with van der Waals surface area (Å²) in [5.41, 5.74) is 5.42. The first kappa shape index (κ1) is 20.8. The summed E-state index contributed by atoms with van der Waals surface area (Å²) in [6.07, 6.45) is 1.16. The first-order valence-electron chi connectivity index (χ1n) is 10.9. The van der Waals surface area contributed by atoms with Gasteiger partial charge < -0.3 is 19.3 Å². The van der Waals surface area contributed by atoms with Crippen LogP contribution in [0.3, 0.4) is 0 Å². The molecular weight excluding hydrogens is 452 g/mol. The monoisotopic (exact) mass is 472 g/mol. The molecule has 1 N–H and O–H groups in total. The van der Waals surface area contributed by atoms with Gasteiger partial charge in [-0.1, -0.05) is 18.2 Å². The maximum absolute atomic E-state index is 13.2. The highest BCUT2D eigenvalue weighted by Crippen LogP contribution is 2.45. The van der Waals surface area contributed by atoms with E-state index in [9.17, 15) is 9.90 Å². The van der Waals surface area contributed by atoms with E-state index in [0.29, 0.717) is 46.6 Å². The lowest BCUT2D eigenvalue weighted by Gasteiger charge is -2.26. The minimum Gasteiger partial charge on any atom is -0.497 e. The third kappa shape index (κ3) is 3.34. The lowest BCUT2D eigenvalue weighted by molar-refractivity contribution is -0.185. The van der Waals surface area contributed by atoms with Gasteiger partial charge in [0.1, 0.15) is 22.5 Å². The average Bonchev–Trinajstić information content (AvgIpc) is 3.57. The van der Waals surface area contributed by atoms with E-state index in [4.69, 9.17) is 14.2 Å². The summed E-state index contributed by atoms with van der Waals surface area (Å²) < 4.78 is 25.1. The van der Waals surface area contributed by atoms with Crippen molar-refractivity contribution < 1.29 is 24.1 Å². The van der Waals surface area contributed by atoms with Crippen molar-refractivity contribution in [3.8, 4) is 11.5 Å². The summed E-state index contributed by atoms with van der Waals surface area (Å²) in [6.45, 7) is 0.659. The molecule has 3 heterocycles. The lowest BCUT2D eigenvalue weighted by Crippen LogP contribution is -2.29. The highest BCUT2D eigenvalue weighted by atomic mass is 32.1. The van der Waals surface area contributed by atoms with Gasteiger partial charge >= 0.3 is 5.97 Å². The van der Waals surface area contributed by atoms with Gasteiger partial charge in [0, 0.05) is 24.0 Å². The minimum atomic E-state index is -1.91. The summed E-state index contributed by atoms with van der Waals surface area (Å²) in [5, 5.41) is 11.8. The molecule has 0 saturated carbocycles. The standard InChI is InChI=1S/C26H20N2O5S/c1-31-19-6-4-18(5-7-19)26(30)20(13-15-2-9-23-16(12-15)10-11-32-23)24(25(29)33-26)17-3-8-21-22(14-17)28-34-27-21/h2-9,12,14,30H,10-11,13H2,1H3. The van der Waals surface area contributed by atoms with Crippen LogP contribution in [0.25, 0.3) is 16.6 Å². The van der Waals surface area contributed by atoms with Crippen molar-refractivity contribution in [3.63, 3.8) is 0 Å². The number of cyclic esters (lactones) is 1. The Balaban J connectivity index is 1.51. The summed E-state index contributed by atoms with van der Waals surface area (Å²) in [7, 11) is 1.57. The molecule has 0 bridgehead atoms. The number of hydrogen-bond donors (Lipinski definition) is 1. The topological polar surface area (TPSA) is 90.8 Å². The van der Waals surface area contributed by atoms with Crippen LogP contribution in [-0.2, 0) is 28.2 Å². The second kappa shape index (κ2) is 7.93. The molecule has 2 aliphatic heterocycles. The first-order chi connectivity index (χ1) is 16.5. The fraction of sp³-hybridized carbons (Fsp3) is 0.192. The Morgan fingerprint density at radius 2 is 1.88 bits per heavy atom. The molecule has 0 fully saturated rings. The molecule has 0 aliphatic carbocycles. The van der Waals surface area contributed by atoms with Crippen LogP contribution in [0.5, 0.6) is 11.5 Å². The number of nitrogens with zero attached hydrogens (tertiary/aromatic N) is 2. The summed E-state index contributed by atoms with van der Waals surface area (Å²) in [5.74, 6) is -0.977. The molecule has 3 aromatic carbocycles. The van der Waals surface area contributed by atoms with Crippen LogP contribution in [0.4, 0.5) is 0 Å². The molecule has 1 aromatic heterocycles. The average molecular weight is 473 g/mol. The number of carbonyl (C=O) groups excluding carboxylic acids is 1. The van der Waals surface area contributed by atoms with Gasteiger partial charge in [0.2, 0.25) is 0 Å². The Morgan fingerprint density at radius 1 is 1.06 bits per heavy atom. The molecule has 34 heavy (non-hydrogen) atoms. The van der Waals surface area contributed by atoms with Crippen LogP contribution in [0.1, 0.15) is 22.3 Å². The van der Waals surface area contributed by atoms with Gasteiger partial charge in [-0.05, 0) is 59.2 Å². The maximum atomic E-state index is 13.2. The predicted octanol–water partition coefficient (Wildman–Crippen LogP) is 4.03. The van der Waals surface area contributed by atoms with E-state index in [1.165, 1.54) is 0 Å². The Labute approximate surface area is 199 Å². The molecule has 0 radical (unpaired) electrons. The number of ether oxygens (including phenoxy) is 3. The molecule has 0 saturated heterocycles. The Hall–Kier alpha value is -3.75. The summed E-state index contributed by atoms with van der Waals surface area (Å²) in [4.78, 5) is 13.2. The molecule has 170 valence electrons. The Bertz CT molecular complexity index is 1460. The zero-order chi connectivity index (χ0) is 23.3. The summed E-state index contributed by atoms with van der Waals surface area (Å²) >= 11 is 1.11.